The number of aromatic hydroxyl groups is 1. The summed E-state index contributed by atoms with van der Waals surface area (Å²) in [6.45, 7) is 12.9. The zero-order chi connectivity index (χ0) is 17.7. The standard InChI is InChI=1S/C21H26N2O/c1-20(2,3)13-11-14(18(24)15(12-13)21(4,5)6)19-22-16-9-7-8-10-17(16)23-19/h7-12,24H,1-6H3,(H,22,23). The normalized spacial score (nSPS) is 12.8. The monoisotopic (exact) mass is 322 g/mol. The van der Waals surface area contributed by atoms with Crippen LogP contribution in [0.1, 0.15) is 52.7 Å². The minimum absolute atomic E-state index is 0.00549. The summed E-state index contributed by atoms with van der Waals surface area (Å²) in [5, 5.41) is 10.9. The van der Waals surface area contributed by atoms with E-state index in [0.717, 1.165) is 22.2 Å². The first kappa shape index (κ1) is 16.6. The maximum absolute atomic E-state index is 10.9. The number of imidazole rings is 1. The van der Waals surface area contributed by atoms with Gasteiger partial charge in [-0.25, -0.2) is 4.98 Å². The number of aromatic nitrogens is 2. The lowest BCUT2D eigenvalue weighted by atomic mass is 9.79. The number of nitrogens with one attached hydrogen (secondary N) is 1. The minimum Gasteiger partial charge on any atom is -0.507 e. The maximum atomic E-state index is 10.9. The molecule has 2 N–H and O–H groups in total. The number of hydrogen-bond acceptors (Lipinski definition) is 2. The van der Waals surface area contributed by atoms with Crippen molar-refractivity contribution >= 4 is 11.0 Å². The Balaban J connectivity index is 2.30. The zero-order valence-electron chi connectivity index (χ0n) is 15.4. The van der Waals surface area contributed by atoms with Gasteiger partial charge in [-0.1, -0.05) is 59.7 Å². The van der Waals surface area contributed by atoms with E-state index in [0.29, 0.717) is 11.6 Å². The van der Waals surface area contributed by atoms with E-state index in [1.54, 1.807) is 0 Å². The Labute approximate surface area is 143 Å². The summed E-state index contributed by atoms with van der Waals surface area (Å²) < 4.78 is 0. The summed E-state index contributed by atoms with van der Waals surface area (Å²) >= 11 is 0. The van der Waals surface area contributed by atoms with Crippen molar-refractivity contribution in [3.05, 3.63) is 47.5 Å². The van der Waals surface area contributed by atoms with Crippen molar-refractivity contribution in [2.75, 3.05) is 0 Å². The molecule has 3 nitrogen and oxygen atoms in total. The van der Waals surface area contributed by atoms with Crippen LogP contribution in [-0.2, 0) is 10.8 Å². The fraction of sp³-hybridized carbons (Fsp3) is 0.381. The Hall–Kier alpha value is -2.29. The predicted molar refractivity (Wildman–Crippen MR) is 101 cm³/mol. The van der Waals surface area contributed by atoms with Crippen LogP contribution < -0.4 is 0 Å². The molecule has 0 bridgehead atoms. The molecule has 0 atom stereocenters. The highest BCUT2D eigenvalue weighted by molar-refractivity contribution is 5.81. The first-order valence-corrected chi connectivity index (χ1v) is 8.40. The third-order valence-electron chi connectivity index (χ3n) is 4.43. The van der Waals surface area contributed by atoms with Crippen LogP contribution in [0.15, 0.2) is 36.4 Å². The Bertz CT molecular complexity index is 859. The highest BCUT2D eigenvalue weighted by Crippen LogP contribution is 2.41. The fourth-order valence-corrected chi connectivity index (χ4v) is 2.90. The molecule has 1 aromatic heterocycles. The molecule has 1 heterocycles. The molecule has 3 heteroatoms. The van der Waals surface area contributed by atoms with Crippen LogP contribution in [0.3, 0.4) is 0 Å². The van der Waals surface area contributed by atoms with E-state index in [1.807, 2.05) is 24.3 Å². The largest absolute Gasteiger partial charge is 0.507 e. The second-order valence-electron chi connectivity index (χ2n) is 8.52. The molecule has 2 aromatic carbocycles. The van der Waals surface area contributed by atoms with Crippen LogP contribution >= 0.6 is 0 Å². The van der Waals surface area contributed by atoms with E-state index < -0.39 is 0 Å². The number of rotatable bonds is 1. The van der Waals surface area contributed by atoms with Crippen LogP contribution in [-0.4, -0.2) is 15.1 Å². The molecule has 3 rings (SSSR count). The summed E-state index contributed by atoms with van der Waals surface area (Å²) in [7, 11) is 0. The van der Waals surface area contributed by atoms with Crippen LogP contribution in [0, 0.1) is 0 Å². The summed E-state index contributed by atoms with van der Waals surface area (Å²) in [6, 6.07) is 12.1. The second kappa shape index (κ2) is 5.37. The molecule has 0 saturated heterocycles. The van der Waals surface area contributed by atoms with Crippen LogP contribution in [0.25, 0.3) is 22.4 Å². The van der Waals surface area contributed by atoms with Gasteiger partial charge in [0.2, 0.25) is 0 Å². The van der Waals surface area contributed by atoms with Crippen LogP contribution in [0.4, 0.5) is 0 Å². The molecule has 3 aromatic rings. The molecule has 0 unspecified atom stereocenters. The van der Waals surface area contributed by atoms with Gasteiger partial charge in [-0.05, 0) is 34.6 Å². The molecule has 0 aliphatic rings. The van der Waals surface area contributed by atoms with Gasteiger partial charge < -0.3 is 10.1 Å². The van der Waals surface area contributed by atoms with Gasteiger partial charge >= 0.3 is 0 Å². The number of phenols is 1. The van der Waals surface area contributed by atoms with E-state index in [2.05, 4.69) is 63.6 Å². The third-order valence-corrected chi connectivity index (χ3v) is 4.43. The quantitative estimate of drug-likeness (QED) is 0.619. The maximum Gasteiger partial charge on any atom is 0.142 e. The van der Waals surface area contributed by atoms with E-state index in [9.17, 15) is 5.11 Å². The summed E-state index contributed by atoms with van der Waals surface area (Å²) in [6.07, 6.45) is 0. The smallest absolute Gasteiger partial charge is 0.142 e. The molecule has 0 spiro atoms. The molecular formula is C21H26N2O. The lowest BCUT2D eigenvalue weighted by Gasteiger charge is -2.27. The predicted octanol–water partition coefficient (Wildman–Crippen LogP) is 5.53. The average Bonchev–Trinajstić information content (AvgIpc) is 2.88. The average molecular weight is 322 g/mol. The molecule has 126 valence electrons. The molecule has 24 heavy (non-hydrogen) atoms. The summed E-state index contributed by atoms with van der Waals surface area (Å²) in [5.41, 5.74) is 4.64. The Morgan fingerprint density at radius 2 is 1.58 bits per heavy atom. The number of benzene rings is 2. The Kier molecular flexibility index (Phi) is 3.71. The van der Waals surface area contributed by atoms with E-state index in [1.165, 1.54) is 5.56 Å². The van der Waals surface area contributed by atoms with E-state index in [-0.39, 0.29) is 10.8 Å². The van der Waals surface area contributed by atoms with Gasteiger partial charge in [-0.2, -0.15) is 0 Å². The number of fused-ring (bicyclic) bond motifs is 1. The Morgan fingerprint density at radius 1 is 0.917 bits per heavy atom. The van der Waals surface area contributed by atoms with Gasteiger partial charge in [0, 0.05) is 5.56 Å². The minimum atomic E-state index is -0.147. The van der Waals surface area contributed by atoms with Crippen molar-refractivity contribution in [2.45, 2.75) is 52.4 Å². The van der Waals surface area contributed by atoms with Crippen molar-refractivity contribution in [2.24, 2.45) is 0 Å². The van der Waals surface area contributed by atoms with Gasteiger partial charge in [0.05, 0.1) is 16.6 Å². The molecular weight excluding hydrogens is 296 g/mol. The number of hydrogen-bond donors (Lipinski definition) is 2. The van der Waals surface area contributed by atoms with Crippen molar-refractivity contribution in [1.82, 2.24) is 9.97 Å². The lowest BCUT2D eigenvalue weighted by Crippen LogP contribution is -2.17. The third kappa shape index (κ3) is 2.91. The van der Waals surface area contributed by atoms with E-state index >= 15 is 0 Å². The van der Waals surface area contributed by atoms with Crippen molar-refractivity contribution in [3.63, 3.8) is 0 Å². The van der Waals surface area contributed by atoms with Gasteiger partial charge in [-0.15, -0.1) is 0 Å². The van der Waals surface area contributed by atoms with Gasteiger partial charge in [0.15, 0.2) is 0 Å². The molecule has 0 aliphatic heterocycles. The van der Waals surface area contributed by atoms with Gasteiger partial charge in [-0.3, -0.25) is 0 Å². The number of H-pyrrole nitrogens is 1. The Morgan fingerprint density at radius 3 is 2.17 bits per heavy atom. The topological polar surface area (TPSA) is 48.9 Å². The SMILES string of the molecule is CC(C)(C)c1cc(-c2nc3ccccc3[nH]2)c(O)c(C(C)(C)C)c1. The van der Waals surface area contributed by atoms with Gasteiger partial charge in [0.25, 0.3) is 0 Å². The van der Waals surface area contributed by atoms with E-state index in [4.69, 9.17) is 0 Å². The van der Waals surface area contributed by atoms with Crippen LogP contribution in [0.2, 0.25) is 0 Å². The highest BCUT2D eigenvalue weighted by atomic mass is 16.3. The number of nitrogens with zero attached hydrogens (tertiary/aromatic N) is 1. The molecule has 0 amide bonds. The second-order valence-corrected chi connectivity index (χ2v) is 8.52. The van der Waals surface area contributed by atoms with Crippen molar-refractivity contribution in [3.8, 4) is 17.1 Å². The van der Waals surface area contributed by atoms with Crippen molar-refractivity contribution in [1.29, 1.82) is 0 Å². The fourth-order valence-electron chi connectivity index (χ4n) is 2.90. The lowest BCUT2D eigenvalue weighted by molar-refractivity contribution is 0.446. The first-order valence-electron chi connectivity index (χ1n) is 8.40. The highest BCUT2D eigenvalue weighted by Gasteiger charge is 2.26. The van der Waals surface area contributed by atoms with Crippen LogP contribution in [0.5, 0.6) is 5.75 Å². The molecule has 0 fully saturated rings. The number of para-hydroxylation sites is 2. The number of phenolic OH excluding ortho intramolecular Hbond substituents is 1. The van der Waals surface area contributed by atoms with Crippen molar-refractivity contribution < 1.29 is 5.11 Å². The molecule has 0 saturated carbocycles. The zero-order valence-corrected chi connectivity index (χ0v) is 15.4. The summed E-state index contributed by atoms with van der Waals surface area (Å²) in [5.74, 6) is 1.03. The van der Waals surface area contributed by atoms with Gasteiger partial charge in [0.1, 0.15) is 11.6 Å². The molecule has 0 aliphatic carbocycles. The first-order chi connectivity index (χ1) is 11.1. The number of aromatic amines is 1. The molecule has 0 radical (unpaired) electrons. The summed E-state index contributed by atoms with van der Waals surface area (Å²) in [4.78, 5) is 8.01.